The Bertz CT molecular complexity index is 1760. The summed E-state index contributed by atoms with van der Waals surface area (Å²) >= 11 is 0. The Kier molecular flexibility index (Phi) is 5.86. The van der Waals surface area contributed by atoms with Crippen LogP contribution in [0.25, 0.3) is 33.3 Å². The second kappa shape index (κ2) is 8.86. The first-order valence-corrected chi connectivity index (χ1v) is 14.5. The SMILES string of the molecule is Cc1cc2c(c[n+]1-c1ccc(C(C)(C)C)cc1)C(C)(C)c1c-2ccc2c[n+](-c3ccc(C(C)(C)C)cc3)ccc12. The third kappa shape index (κ3) is 4.25. The standard InChI is InChI=1S/C38H42N2/c1-25-22-33-32-19-10-26-23-39(29-15-11-27(12-16-29)36(2,3)4)21-20-31(26)35(32)38(8,9)34(33)24-40(25)30-17-13-28(14-18-30)37(5,6)7/h10-24H,1-9H3/q+2. The molecule has 0 bridgehead atoms. The van der Waals surface area contributed by atoms with E-state index in [0.717, 1.165) is 0 Å². The lowest BCUT2D eigenvalue weighted by atomic mass is 9.81. The molecule has 0 saturated heterocycles. The molecule has 2 heteroatoms. The summed E-state index contributed by atoms with van der Waals surface area (Å²) in [5, 5.41) is 2.60. The number of nitrogens with zero attached hydrogens (tertiary/aromatic N) is 2. The summed E-state index contributed by atoms with van der Waals surface area (Å²) in [4.78, 5) is 0. The van der Waals surface area contributed by atoms with E-state index in [1.165, 1.54) is 61.2 Å². The van der Waals surface area contributed by atoms with Gasteiger partial charge in [0.2, 0.25) is 11.4 Å². The first kappa shape index (κ1) is 26.4. The maximum atomic E-state index is 2.38. The molecule has 3 aromatic carbocycles. The number of hydrogen-bond donors (Lipinski definition) is 0. The fourth-order valence-electron chi connectivity index (χ4n) is 6.38. The first-order chi connectivity index (χ1) is 18.7. The highest BCUT2D eigenvalue weighted by molar-refractivity contribution is 5.96. The van der Waals surface area contributed by atoms with Crippen LogP contribution >= 0.6 is 0 Å². The summed E-state index contributed by atoms with van der Waals surface area (Å²) in [5.74, 6) is 0. The lowest BCUT2D eigenvalue weighted by molar-refractivity contribution is -0.603. The third-order valence-corrected chi connectivity index (χ3v) is 8.87. The molecule has 2 nitrogen and oxygen atoms in total. The molecular weight excluding hydrogens is 484 g/mol. The van der Waals surface area contributed by atoms with Crippen molar-refractivity contribution in [3.05, 3.63) is 119 Å². The smallest absolute Gasteiger partial charge is 0.167 e. The molecule has 0 atom stereocenters. The van der Waals surface area contributed by atoms with E-state index < -0.39 is 0 Å². The van der Waals surface area contributed by atoms with Gasteiger partial charge in [-0.2, -0.15) is 9.13 Å². The normalized spacial score (nSPS) is 14.3. The van der Waals surface area contributed by atoms with Crippen molar-refractivity contribution in [1.29, 1.82) is 0 Å². The molecular formula is C38H42N2+2. The zero-order valence-electron chi connectivity index (χ0n) is 25.6. The summed E-state index contributed by atoms with van der Waals surface area (Å²) in [5.41, 5.74) is 12.1. The summed E-state index contributed by atoms with van der Waals surface area (Å²) in [6.45, 7) is 20.6. The lowest BCUT2D eigenvalue weighted by Crippen LogP contribution is -2.36. The number of aryl methyl sites for hydroxylation is 1. The van der Waals surface area contributed by atoms with Gasteiger partial charge in [0.15, 0.2) is 24.3 Å². The first-order valence-electron chi connectivity index (χ1n) is 14.5. The Balaban J connectivity index is 1.42. The second-order valence-corrected chi connectivity index (χ2v) is 14.2. The van der Waals surface area contributed by atoms with Gasteiger partial charge in [-0.25, -0.2) is 0 Å². The molecule has 5 aromatic rings. The summed E-state index contributed by atoms with van der Waals surface area (Å²) in [6, 6.07) is 27.4. The molecule has 0 radical (unpaired) electrons. The van der Waals surface area contributed by atoms with E-state index >= 15 is 0 Å². The van der Waals surface area contributed by atoms with Crippen molar-refractivity contribution in [3.63, 3.8) is 0 Å². The topological polar surface area (TPSA) is 7.76 Å². The molecule has 1 aliphatic carbocycles. The highest BCUT2D eigenvalue weighted by Gasteiger charge is 2.40. The molecule has 0 spiro atoms. The van der Waals surface area contributed by atoms with Crippen LogP contribution in [0.5, 0.6) is 0 Å². The molecule has 0 saturated carbocycles. The Labute approximate surface area is 240 Å². The van der Waals surface area contributed by atoms with Gasteiger partial charge >= 0.3 is 0 Å². The van der Waals surface area contributed by atoms with E-state index in [1.54, 1.807) is 0 Å². The fraction of sp³-hybridized carbons (Fsp3) is 0.316. The Morgan fingerprint density at radius 1 is 0.625 bits per heavy atom. The molecule has 6 rings (SSSR count). The predicted molar refractivity (Wildman–Crippen MR) is 167 cm³/mol. The Morgan fingerprint density at radius 2 is 1.20 bits per heavy atom. The Morgan fingerprint density at radius 3 is 1.77 bits per heavy atom. The van der Waals surface area contributed by atoms with Gasteiger partial charge in [-0.3, -0.25) is 0 Å². The van der Waals surface area contributed by atoms with Crippen molar-refractivity contribution >= 4 is 10.8 Å². The van der Waals surface area contributed by atoms with Crippen LogP contribution in [0.15, 0.2) is 91.4 Å². The van der Waals surface area contributed by atoms with Gasteiger partial charge in [-0.15, -0.1) is 0 Å². The number of rotatable bonds is 2. The fourth-order valence-corrected chi connectivity index (χ4v) is 6.38. The van der Waals surface area contributed by atoms with Gasteiger partial charge in [-0.1, -0.05) is 85.7 Å². The van der Waals surface area contributed by atoms with Crippen LogP contribution in [0.1, 0.15) is 83.3 Å². The van der Waals surface area contributed by atoms with Crippen LogP contribution in [0.3, 0.4) is 0 Å². The van der Waals surface area contributed by atoms with Crippen molar-refractivity contribution in [3.8, 4) is 22.5 Å². The van der Waals surface area contributed by atoms with Crippen LogP contribution in [0.4, 0.5) is 0 Å². The van der Waals surface area contributed by atoms with E-state index in [2.05, 4.69) is 163 Å². The Hall–Kier alpha value is -3.78. The second-order valence-electron chi connectivity index (χ2n) is 14.2. The maximum absolute atomic E-state index is 2.38. The number of aromatic nitrogens is 2. The molecule has 0 fully saturated rings. The van der Waals surface area contributed by atoms with Crippen LogP contribution in [0, 0.1) is 6.92 Å². The van der Waals surface area contributed by atoms with E-state index in [9.17, 15) is 0 Å². The summed E-state index contributed by atoms with van der Waals surface area (Å²) < 4.78 is 4.60. The highest BCUT2D eigenvalue weighted by atomic mass is 15.0. The van der Waals surface area contributed by atoms with Gasteiger partial charge in [0.1, 0.15) is 0 Å². The summed E-state index contributed by atoms with van der Waals surface area (Å²) in [7, 11) is 0. The van der Waals surface area contributed by atoms with Crippen molar-refractivity contribution in [2.75, 3.05) is 0 Å². The molecule has 202 valence electrons. The van der Waals surface area contributed by atoms with Crippen molar-refractivity contribution in [2.45, 2.75) is 78.6 Å². The minimum atomic E-state index is -0.106. The largest absolute Gasteiger partial charge is 0.210 e. The lowest BCUT2D eigenvalue weighted by Gasteiger charge is -2.22. The van der Waals surface area contributed by atoms with Gasteiger partial charge in [-0.05, 0) is 50.1 Å². The number of benzene rings is 3. The number of pyridine rings is 2. The van der Waals surface area contributed by atoms with Crippen molar-refractivity contribution in [2.24, 2.45) is 0 Å². The van der Waals surface area contributed by atoms with Crippen molar-refractivity contribution < 1.29 is 9.13 Å². The van der Waals surface area contributed by atoms with Gasteiger partial charge in [0.25, 0.3) is 0 Å². The molecule has 2 heterocycles. The summed E-state index contributed by atoms with van der Waals surface area (Å²) in [6.07, 6.45) is 6.88. The average Bonchev–Trinajstić information content (AvgIpc) is 3.13. The zero-order valence-corrected chi connectivity index (χ0v) is 25.6. The van der Waals surface area contributed by atoms with Crippen molar-refractivity contribution in [1.82, 2.24) is 0 Å². The molecule has 0 aliphatic heterocycles. The van der Waals surface area contributed by atoms with E-state index in [1.807, 2.05) is 0 Å². The van der Waals surface area contributed by atoms with E-state index in [-0.39, 0.29) is 16.2 Å². The molecule has 40 heavy (non-hydrogen) atoms. The third-order valence-electron chi connectivity index (χ3n) is 8.87. The van der Waals surface area contributed by atoms with Crippen LogP contribution < -0.4 is 9.13 Å². The van der Waals surface area contributed by atoms with E-state index in [4.69, 9.17) is 0 Å². The molecule has 1 aliphatic rings. The van der Waals surface area contributed by atoms with Crippen LogP contribution in [0.2, 0.25) is 0 Å². The van der Waals surface area contributed by atoms with Crippen LogP contribution in [-0.2, 0) is 16.2 Å². The monoisotopic (exact) mass is 526 g/mol. The van der Waals surface area contributed by atoms with Crippen LogP contribution in [-0.4, -0.2) is 0 Å². The van der Waals surface area contributed by atoms with Gasteiger partial charge in [0, 0.05) is 59.7 Å². The quantitative estimate of drug-likeness (QED) is 0.203. The highest BCUT2D eigenvalue weighted by Crippen LogP contribution is 2.51. The van der Waals surface area contributed by atoms with Gasteiger partial charge in [0.05, 0.1) is 0 Å². The van der Waals surface area contributed by atoms with E-state index in [0.29, 0.717) is 0 Å². The van der Waals surface area contributed by atoms with Gasteiger partial charge < -0.3 is 0 Å². The number of fused-ring (bicyclic) bond motifs is 5. The molecule has 0 N–H and O–H groups in total. The predicted octanol–water partition coefficient (Wildman–Crippen LogP) is 8.60. The average molecular weight is 527 g/mol. The molecule has 0 amide bonds. The minimum absolute atomic E-state index is 0.106. The molecule has 0 unspecified atom stereocenters. The maximum Gasteiger partial charge on any atom is 0.210 e. The molecule has 2 aromatic heterocycles. The minimum Gasteiger partial charge on any atom is -0.167 e. The number of hydrogen-bond acceptors (Lipinski definition) is 0. The zero-order chi connectivity index (χ0) is 28.6.